The highest BCUT2D eigenvalue weighted by Crippen LogP contribution is 2.34. The molecule has 2 heterocycles. The van der Waals surface area contributed by atoms with E-state index in [2.05, 4.69) is 22.5 Å². The number of nitrogens with zero attached hydrogens (tertiary/aromatic N) is 1. The zero-order valence-corrected chi connectivity index (χ0v) is 10.9. The molecule has 3 rings (SSSR count). The number of benzene rings is 1. The zero-order chi connectivity index (χ0) is 11.8. The number of fused-ring (bicyclic) bond motifs is 1. The minimum Gasteiger partial charge on any atom is -0.383 e. The number of hydrogen-bond acceptors (Lipinski definition) is 4. The van der Waals surface area contributed by atoms with E-state index in [0.717, 1.165) is 20.8 Å². The smallest absolute Gasteiger partial charge is 0.116 e. The van der Waals surface area contributed by atoms with Crippen LogP contribution >= 0.6 is 22.7 Å². The maximum atomic E-state index is 10.5. The third kappa shape index (κ3) is 1.78. The lowest BCUT2D eigenvalue weighted by Crippen LogP contribution is -1.99. The van der Waals surface area contributed by atoms with Crippen molar-refractivity contribution >= 4 is 32.8 Å². The molecule has 0 aliphatic heterocycles. The summed E-state index contributed by atoms with van der Waals surface area (Å²) in [4.78, 5) is 5.13. The molecule has 0 aliphatic carbocycles. The molecular weight excluding hydrogens is 250 g/mol. The van der Waals surface area contributed by atoms with Crippen LogP contribution in [0.5, 0.6) is 0 Å². The maximum Gasteiger partial charge on any atom is 0.116 e. The molecule has 86 valence electrons. The highest BCUT2D eigenvalue weighted by Gasteiger charge is 2.17. The van der Waals surface area contributed by atoms with Crippen LogP contribution in [0.1, 0.15) is 22.2 Å². The minimum absolute atomic E-state index is 0.565. The van der Waals surface area contributed by atoms with E-state index in [1.54, 1.807) is 16.8 Å². The Morgan fingerprint density at radius 3 is 2.88 bits per heavy atom. The van der Waals surface area contributed by atoms with Crippen LogP contribution in [0, 0.1) is 6.92 Å². The van der Waals surface area contributed by atoms with Gasteiger partial charge in [0.25, 0.3) is 0 Å². The Hall–Kier alpha value is -1.23. The van der Waals surface area contributed by atoms with Gasteiger partial charge >= 0.3 is 0 Å². The summed E-state index contributed by atoms with van der Waals surface area (Å²) < 4.78 is 1.16. The van der Waals surface area contributed by atoms with Gasteiger partial charge in [-0.2, -0.15) is 0 Å². The molecule has 0 radical (unpaired) electrons. The topological polar surface area (TPSA) is 33.1 Å². The van der Waals surface area contributed by atoms with Crippen molar-refractivity contribution in [2.45, 2.75) is 13.0 Å². The summed E-state index contributed by atoms with van der Waals surface area (Å²) in [6, 6.07) is 8.13. The van der Waals surface area contributed by atoms with Gasteiger partial charge in [0.1, 0.15) is 6.10 Å². The second kappa shape index (κ2) is 4.22. The molecule has 1 unspecified atom stereocenters. The molecule has 4 heteroatoms. The van der Waals surface area contributed by atoms with Crippen molar-refractivity contribution in [2.75, 3.05) is 0 Å². The van der Waals surface area contributed by atoms with Gasteiger partial charge in [0, 0.05) is 10.3 Å². The van der Waals surface area contributed by atoms with Gasteiger partial charge in [-0.15, -0.1) is 22.7 Å². The van der Waals surface area contributed by atoms with Gasteiger partial charge < -0.3 is 5.11 Å². The largest absolute Gasteiger partial charge is 0.383 e. The number of aliphatic hydroxyl groups is 1. The Labute approximate surface area is 107 Å². The lowest BCUT2D eigenvalue weighted by atomic mass is 10.1. The van der Waals surface area contributed by atoms with Crippen molar-refractivity contribution in [2.24, 2.45) is 0 Å². The molecule has 0 amide bonds. The molecule has 0 fully saturated rings. The fourth-order valence-corrected chi connectivity index (χ4v) is 3.69. The summed E-state index contributed by atoms with van der Waals surface area (Å²) in [6.07, 6.45) is -0.565. The second-order valence-electron chi connectivity index (χ2n) is 3.89. The lowest BCUT2D eigenvalue weighted by Gasteiger charge is -2.10. The van der Waals surface area contributed by atoms with Crippen molar-refractivity contribution in [1.82, 2.24) is 4.98 Å². The summed E-state index contributed by atoms with van der Waals surface area (Å²) in [5.41, 5.74) is 3.67. The molecule has 0 bridgehead atoms. The molecule has 2 aromatic heterocycles. The van der Waals surface area contributed by atoms with Gasteiger partial charge in [-0.1, -0.05) is 18.2 Å². The average Bonchev–Trinajstić information content (AvgIpc) is 2.95. The molecular formula is C13H11NOS2. The molecule has 0 saturated heterocycles. The molecule has 0 aliphatic rings. The van der Waals surface area contributed by atoms with Crippen LogP contribution in [0.4, 0.5) is 0 Å². The van der Waals surface area contributed by atoms with E-state index >= 15 is 0 Å². The quantitative estimate of drug-likeness (QED) is 0.762. The van der Waals surface area contributed by atoms with Gasteiger partial charge in [-0.3, -0.25) is 0 Å². The van der Waals surface area contributed by atoms with Crippen LogP contribution in [0.3, 0.4) is 0 Å². The van der Waals surface area contributed by atoms with Crippen LogP contribution in [-0.4, -0.2) is 10.1 Å². The van der Waals surface area contributed by atoms with E-state index in [0.29, 0.717) is 0 Å². The molecule has 1 atom stereocenters. The Morgan fingerprint density at radius 1 is 1.24 bits per heavy atom. The number of aryl methyl sites for hydroxylation is 1. The predicted molar refractivity (Wildman–Crippen MR) is 72.7 cm³/mol. The normalized spacial score (nSPS) is 13.1. The van der Waals surface area contributed by atoms with Crippen LogP contribution in [-0.2, 0) is 0 Å². The Morgan fingerprint density at radius 2 is 2.12 bits per heavy atom. The van der Waals surface area contributed by atoms with E-state index < -0.39 is 6.10 Å². The molecule has 1 N–H and O–H groups in total. The summed E-state index contributed by atoms with van der Waals surface area (Å²) >= 11 is 3.18. The van der Waals surface area contributed by atoms with Crippen molar-refractivity contribution in [3.63, 3.8) is 0 Å². The molecule has 2 nitrogen and oxygen atoms in total. The first kappa shape index (κ1) is 10.9. The highest BCUT2D eigenvalue weighted by atomic mass is 32.1. The Balaban J connectivity index is 2.15. The Kier molecular flexibility index (Phi) is 2.70. The third-order valence-electron chi connectivity index (χ3n) is 2.83. The highest BCUT2D eigenvalue weighted by molar-refractivity contribution is 7.17. The van der Waals surface area contributed by atoms with Crippen molar-refractivity contribution in [3.05, 3.63) is 51.3 Å². The van der Waals surface area contributed by atoms with Gasteiger partial charge in [0.15, 0.2) is 0 Å². The van der Waals surface area contributed by atoms with E-state index in [4.69, 9.17) is 0 Å². The SMILES string of the molecule is Cc1ncsc1C(O)c1cccc2ccsc12. The maximum absolute atomic E-state index is 10.5. The first-order valence-electron chi connectivity index (χ1n) is 5.31. The summed E-state index contributed by atoms with van der Waals surface area (Å²) in [5.74, 6) is 0. The van der Waals surface area contributed by atoms with Gasteiger partial charge in [-0.05, 0) is 23.8 Å². The van der Waals surface area contributed by atoms with Crippen molar-refractivity contribution in [3.8, 4) is 0 Å². The standard InChI is InChI=1S/C13H11NOS2/c1-8-12(17-7-14-8)11(15)10-4-2-3-9-5-6-16-13(9)10/h2-7,11,15H,1H3. The zero-order valence-electron chi connectivity index (χ0n) is 9.25. The first-order chi connectivity index (χ1) is 8.27. The molecule has 3 aromatic rings. The molecule has 1 aromatic carbocycles. The Bertz CT molecular complexity index is 656. The van der Waals surface area contributed by atoms with Gasteiger partial charge in [0.05, 0.1) is 16.1 Å². The van der Waals surface area contributed by atoms with Crippen LogP contribution in [0.2, 0.25) is 0 Å². The van der Waals surface area contributed by atoms with E-state index in [1.807, 2.05) is 19.1 Å². The number of thiazole rings is 1. The van der Waals surface area contributed by atoms with Crippen LogP contribution < -0.4 is 0 Å². The van der Waals surface area contributed by atoms with Crippen LogP contribution in [0.15, 0.2) is 35.2 Å². The van der Waals surface area contributed by atoms with E-state index in [9.17, 15) is 5.11 Å². The predicted octanol–water partition coefficient (Wildman–Crippen LogP) is 3.75. The van der Waals surface area contributed by atoms with Crippen molar-refractivity contribution in [1.29, 1.82) is 0 Å². The van der Waals surface area contributed by atoms with E-state index in [1.165, 1.54) is 16.7 Å². The fraction of sp³-hybridized carbons (Fsp3) is 0.154. The van der Waals surface area contributed by atoms with Gasteiger partial charge in [-0.25, -0.2) is 4.98 Å². The summed E-state index contributed by atoms with van der Waals surface area (Å²) in [6.45, 7) is 1.93. The van der Waals surface area contributed by atoms with Crippen LogP contribution in [0.25, 0.3) is 10.1 Å². The summed E-state index contributed by atoms with van der Waals surface area (Å²) in [7, 11) is 0. The minimum atomic E-state index is -0.565. The number of aliphatic hydroxyl groups excluding tert-OH is 1. The summed E-state index contributed by atoms with van der Waals surface area (Å²) in [5, 5.41) is 13.7. The number of thiophene rings is 1. The number of hydrogen-bond donors (Lipinski definition) is 1. The van der Waals surface area contributed by atoms with Crippen molar-refractivity contribution < 1.29 is 5.11 Å². The third-order valence-corrected chi connectivity index (χ3v) is 4.80. The molecule has 0 spiro atoms. The molecule has 17 heavy (non-hydrogen) atoms. The van der Waals surface area contributed by atoms with E-state index in [-0.39, 0.29) is 0 Å². The number of aromatic nitrogens is 1. The molecule has 0 saturated carbocycles. The fourth-order valence-electron chi connectivity index (χ4n) is 1.95. The first-order valence-corrected chi connectivity index (χ1v) is 7.07. The van der Waals surface area contributed by atoms with Gasteiger partial charge in [0.2, 0.25) is 0 Å². The monoisotopic (exact) mass is 261 g/mol. The average molecular weight is 261 g/mol. The second-order valence-corrected chi connectivity index (χ2v) is 5.69. The number of rotatable bonds is 2. The lowest BCUT2D eigenvalue weighted by molar-refractivity contribution is 0.225.